The molecule has 0 bridgehead atoms. The number of sulfone groups is 1. The van der Waals surface area contributed by atoms with Crippen LogP contribution in [0.15, 0.2) is 47.4 Å². The highest BCUT2D eigenvalue weighted by molar-refractivity contribution is 7.90. The third-order valence-electron chi connectivity index (χ3n) is 2.58. The quantitative estimate of drug-likeness (QED) is 0.881. The fourth-order valence-corrected chi connectivity index (χ4v) is 3.47. The molecule has 0 spiro atoms. The summed E-state index contributed by atoms with van der Waals surface area (Å²) < 4.78 is 24.5. The number of halogens is 2. The molecule has 0 aromatic heterocycles. The average molecular weight is 316 g/mol. The van der Waals surface area contributed by atoms with Crippen molar-refractivity contribution in [2.24, 2.45) is 0 Å². The first kappa shape index (κ1) is 14.2. The van der Waals surface area contributed by atoms with Crippen molar-refractivity contribution in [1.29, 1.82) is 0 Å². The number of rotatable bonds is 3. The second kappa shape index (κ2) is 5.41. The maximum absolute atomic E-state index is 12.3. The summed E-state index contributed by atoms with van der Waals surface area (Å²) in [5.74, 6) is -0.129. The van der Waals surface area contributed by atoms with Crippen LogP contribution in [-0.2, 0) is 15.6 Å². The zero-order valence-corrected chi connectivity index (χ0v) is 12.1. The van der Waals surface area contributed by atoms with Crippen molar-refractivity contribution in [2.75, 3.05) is 5.73 Å². The summed E-state index contributed by atoms with van der Waals surface area (Å²) in [6.07, 6.45) is 0. The zero-order chi connectivity index (χ0) is 14.0. The lowest BCUT2D eigenvalue weighted by molar-refractivity contribution is 0.595. The smallest absolute Gasteiger partial charge is 0.184 e. The molecule has 0 fully saturated rings. The minimum atomic E-state index is -3.50. The molecule has 0 unspecified atom stereocenters. The molecule has 100 valence electrons. The predicted molar refractivity (Wildman–Crippen MR) is 78.2 cm³/mol. The number of benzene rings is 2. The van der Waals surface area contributed by atoms with Gasteiger partial charge in [0.15, 0.2) is 9.84 Å². The summed E-state index contributed by atoms with van der Waals surface area (Å²) in [5, 5.41) is 0.968. The molecule has 0 aliphatic rings. The van der Waals surface area contributed by atoms with Gasteiger partial charge in [-0.25, -0.2) is 8.42 Å². The zero-order valence-electron chi connectivity index (χ0n) is 9.81. The number of hydrogen-bond donors (Lipinski definition) is 1. The number of nitrogens with two attached hydrogens (primary N) is 1. The minimum absolute atomic E-state index is 0.0897. The van der Waals surface area contributed by atoms with Crippen LogP contribution in [0.25, 0.3) is 0 Å². The van der Waals surface area contributed by atoms with E-state index in [9.17, 15) is 8.42 Å². The molecule has 3 nitrogen and oxygen atoms in total. The van der Waals surface area contributed by atoms with E-state index >= 15 is 0 Å². The highest BCUT2D eigenvalue weighted by atomic mass is 35.5. The predicted octanol–water partition coefficient (Wildman–Crippen LogP) is 3.55. The fraction of sp³-hybridized carbons (Fsp3) is 0.0769. The Morgan fingerprint density at radius 2 is 1.53 bits per heavy atom. The Balaban J connectivity index is 2.35. The second-order valence-electron chi connectivity index (χ2n) is 4.07. The third-order valence-corrected chi connectivity index (χ3v) is 4.82. The van der Waals surface area contributed by atoms with Gasteiger partial charge in [-0.1, -0.05) is 35.3 Å². The fourth-order valence-electron chi connectivity index (χ4n) is 1.68. The van der Waals surface area contributed by atoms with Crippen LogP contribution in [0.1, 0.15) is 5.56 Å². The molecule has 19 heavy (non-hydrogen) atoms. The summed E-state index contributed by atoms with van der Waals surface area (Å²) >= 11 is 11.5. The lowest BCUT2D eigenvalue weighted by atomic mass is 10.2. The molecule has 0 aliphatic carbocycles. The summed E-state index contributed by atoms with van der Waals surface area (Å²) in [6.45, 7) is 0. The summed E-state index contributed by atoms with van der Waals surface area (Å²) in [5.41, 5.74) is 6.51. The SMILES string of the molecule is Nc1cc(Cl)ccc1S(=O)(=O)Cc1ccc(Cl)cc1. The Morgan fingerprint density at radius 3 is 2.11 bits per heavy atom. The summed E-state index contributed by atoms with van der Waals surface area (Å²) in [7, 11) is -3.50. The lowest BCUT2D eigenvalue weighted by Gasteiger charge is -2.08. The first-order chi connectivity index (χ1) is 8.88. The van der Waals surface area contributed by atoms with Gasteiger partial charge in [0.05, 0.1) is 16.3 Å². The second-order valence-corrected chi connectivity index (χ2v) is 6.90. The van der Waals surface area contributed by atoms with Crippen LogP contribution < -0.4 is 5.73 Å². The van der Waals surface area contributed by atoms with Crippen LogP contribution in [0.5, 0.6) is 0 Å². The maximum atomic E-state index is 12.3. The van der Waals surface area contributed by atoms with E-state index in [1.165, 1.54) is 18.2 Å². The molecule has 0 heterocycles. The Hall–Kier alpha value is -1.23. The summed E-state index contributed by atoms with van der Waals surface area (Å²) in [6, 6.07) is 11.0. The van der Waals surface area contributed by atoms with Gasteiger partial charge in [0.1, 0.15) is 0 Å². The molecular weight excluding hydrogens is 305 g/mol. The van der Waals surface area contributed by atoms with E-state index < -0.39 is 9.84 Å². The topological polar surface area (TPSA) is 60.2 Å². The van der Waals surface area contributed by atoms with Crippen molar-refractivity contribution in [3.8, 4) is 0 Å². The van der Waals surface area contributed by atoms with Gasteiger partial charge in [0, 0.05) is 10.0 Å². The van der Waals surface area contributed by atoms with E-state index in [0.29, 0.717) is 15.6 Å². The van der Waals surface area contributed by atoms with Gasteiger partial charge < -0.3 is 5.73 Å². The van der Waals surface area contributed by atoms with Crippen molar-refractivity contribution in [3.63, 3.8) is 0 Å². The third kappa shape index (κ3) is 3.41. The van der Waals surface area contributed by atoms with Crippen molar-refractivity contribution in [3.05, 3.63) is 58.1 Å². The molecule has 0 amide bonds. The van der Waals surface area contributed by atoms with Gasteiger partial charge in [-0.2, -0.15) is 0 Å². The Kier molecular flexibility index (Phi) is 4.04. The molecule has 2 aromatic carbocycles. The largest absolute Gasteiger partial charge is 0.398 e. The Labute approximate surface area is 121 Å². The highest BCUT2D eigenvalue weighted by Crippen LogP contribution is 2.25. The van der Waals surface area contributed by atoms with E-state index in [-0.39, 0.29) is 16.3 Å². The molecule has 6 heteroatoms. The van der Waals surface area contributed by atoms with Crippen LogP contribution in [-0.4, -0.2) is 8.42 Å². The van der Waals surface area contributed by atoms with Gasteiger partial charge >= 0.3 is 0 Å². The van der Waals surface area contributed by atoms with Gasteiger partial charge in [-0.3, -0.25) is 0 Å². The van der Waals surface area contributed by atoms with Gasteiger partial charge in [-0.15, -0.1) is 0 Å². The van der Waals surface area contributed by atoms with Crippen molar-refractivity contribution < 1.29 is 8.42 Å². The van der Waals surface area contributed by atoms with E-state index in [1.807, 2.05) is 0 Å². The molecule has 0 radical (unpaired) electrons. The Bertz CT molecular complexity index is 697. The van der Waals surface area contributed by atoms with Crippen molar-refractivity contribution in [1.82, 2.24) is 0 Å². The first-order valence-electron chi connectivity index (χ1n) is 5.41. The van der Waals surface area contributed by atoms with Crippen LogP contribution in [0.2, 0.25) is 10.0 Å². The van der Waals surface area contributed by atoms with Crippen molar-refractivity contribution in [2.45, 2.75) is 10.6 Å². The first-order valence-corrected chi connectivity index (χ1v) is 7.81. The molecule has 0 atom stereocenters. The summed E-state index contributed by atoms with van der Waals surface area (Å²) in [4.78, 5) is 0.0897. The average Bonchev–Trinajstić information content (AvgIpc) is 2.31. The van der Waals surface area contributed by atoms with Crippen LogP contribution in [0.4, 0.5) is 5.69 Å². The highest BCUT2D eigenvalue weighted by Gasteiger charge is 2.18. The molecular formula is C13H11Cl2NO2S. The van der Waals surface area contributed by atoms with E-state index in [0.717, 1.165) is 0 Å². The molecule has 0 saturated carbocycles. The van der Waals surface area contributed by atoms with Crippen LogP contribution in [0.3, 0.4) is 0 Å². The standard InChI is InChI=1S/C13H11Cl2NO2S/c14-10-3-1-9(2-4-10)8-19(17,18)13-6-5-11(15)7-12(13)16/h1-7H,8,16H2. The van der Waals surface area contributed by atoms with E-state index in [2.05, 4.69) is 0 Å². The van der Waals surface area contributed by atoms with Crippen LogP contribution in [0, 0.1) is 0 Å². The normalized spacial score (nSPS) is 11.5. The molecule has 0 aliphatic heterocycles. The lowest BCUT2D eigenvalue weighted by Crippen LogP contribution is -2.07. The minimum Gasteiger partial charge on any atom is -0.398 e. The van der Waals surface area contributed by atoms with Gasteiger partial charge in [0.2, 0.25) is 0 Å². The maximum Gasteiger partial charge on any atom is 0.184 e. The van der Waals surface area contributed by atoms with Gasteiger partial charge in [-0.05, 0) is 35.9 Å². The van der Waals surface area contributed by atoms with E-state index in [1.54, 1.807) is 24.3 Å². The molecule has 2 N–H and O–H groups in total. The number of nitrogen functional groups attached to an aromatic ring is 1. The molecule has 2 rings (SSSR count). The molecule has 0 saturated heterocycles. The monoisotopic (exact) mass is 315 g/mol. The van der Waals surface area contributed by atoms with Crippen LogP contribution >= 0.6 is 23.2 Å². The number of anilines is 1. The van der Waals surface area contributed by atoms with Crippen molar-refractivity contribution >= 4 is 38.7 Å². The Morgan fingerprint density at radius 1 is 0.947 bits per heavy atom. The van der Waals surface area contributed by atoms with E-state index in [4.69, 9.17) is 28.9 Å². The van der Waals surface area contributed by atoms with Gasteiger partial charge in [0.25, 0.3) is 0 Å². The molecule has 2 aromatic rings. The number of hydrogen-bond acceptors (Lipinski definition) is 3.